The fraction of sp³-hybridized carbons (Fsp3) is 0.385. The number of ether oxygens (including phenoxy) is 1. The van der Waals surface area contributed by atoms with Crippen LogP contribution in [0.25, 0.3) is 0 Å². The molecule has 1 aliphatic rings. The van der Waals surface area contributed by atoms with Gasteiger partial charge in [0.2, 0.25) is 0 Å². The van der Waals surface area contributed by atoms with Gasteiger partial charge in [0.05, 0.1) is 0 Å². The normalized spacial score (nSPS) is 14.9. The molecule has 1 heteroatoms. The van der Waals surface area contributed by atoms with E-state index in [4.69, 9.17) is 4.74 Å². The van der Waals surface area contributed by atoms with Crippen molar-refractivity contribution < 1.29 is 4.74 Å². The van der Waals surface area contributed by atoms with E-state index in [9.17, 15) is 0 Å². The predicted octanol–water partition coefficient (Wildman–Crippen LogP) is 3.83. The molecular formula is C13H16O. The molecule has 1 aromatic carbocycles. The van der Waals surface area contributed by atoms with Crippen LogP contribution in [0.3, 0.4) is 0 Å². The van der Waals surface area contributed by atoms with Gasteiger partial charge in [-0.05, 0) is 50.8 Å². The summed E-state index contributed by atoms with van der Waals surface area (Å²) in [5.41, 5.74) is 2.75. The summed E-state index contributed by atoms with van der Waals surface area (Å²) >= 11 is 0. The third-order valence-corrected chi connectivity index (χ3v) is 2.75. The molecule has 1 aromatic rings. The first-order valence-corrected chi connectivity index (χ1v) is 5.19. The van der Waals surface area contributed by atoms with Crippen LogP contribution < -0.4 is 4.74 Å². The Balaban J connectivity index is 2.07. The zero-order chi connectivity index (χ0) is 9.97. The molecule has 1 saturated carbocycles. The highest BCUT2D eigenvalue weighted by Crippen LogP contribution is 2.29. The second-order valence-electron chi connectivity index (χ2n) is 3.93. The molecule has 14 heavy (non-hydrogen) atoms. The molecule has 0 aromatic heterocycles. The van der Waals surface area contributed by atoms with Gasteiger partial charge in [-0.3, -0.25) is 0 Å². The van der Waals surface area contributed by atoms with Gasteiger partial charge in [0, 0.05) is 0 Å². The van der Waals surface area contributed by atoms with Crippen molar-refractivity contribution >= 4 is 0 Å². The van der Waals surface area contributed by atoms with E-state index in [0.717, 1.165) is 11.5 Å². The summed E-state index contributed by atoms with van der Waals surface area (Å²) < 4.78 is 5.75. The van der Waals surface area contributed by atoms with Crippen LogP contribution in [0, 0.1) is 6.92 Å². The molecule has 2 rings (SSSR count). The Hall–Kier alpha value is -1.24. The summed E-state index contributed by atoms with van der Waals surface area (Å²) in [5, 5.41) is 0. The van der Waals surface area contributed by atoms with E-state index in [2.05, 4.69) is 26.0 Å². The van der Waals surface area contributed by atoms with Gasteiger partial charge in [-0.25, -0.2) is 0 Å². The van der Waals surface area contributed by atoms with Crippen molar-refractivity contribution in [3.05, 3.63) is 41.2 Å². The Morgan fingerprint density at radius 2 is 1.79 bits per heavy atom. The summed E-state index contributed by atoms with van der Waals surface area (Å²) in [4.78, 5) is 0. The van der Waals surface area contributed by atoms with E-state index in [1.165, 1.54) is 30.4 Å². The molecule has 0 spiro atoms. The number of benzene rings is 1. The maximum atomic E-state index is 5.75. The van der Waals surface area contributed by atoms with Crippen LogP contribution in [0.15, 0.2) is 35.6 Å². The monoisotopic (exact) mass is 188 g/mol. The Kier molecular flexibility index (Phi) is 2.58. The maximum absolute atomic E-state index is 5.75. The summed E-state index contributed by atoms with van der Waals surface area (Å²) in [7, 11) is 0. The SMILES string of the molecule is CC(Oc1ccc(C)cc1)=C1CCC1. The number of hydrogen-bond donors (Lipinski definition) is 0. The average molecular weight is 188 g/mol. The molecule has 0 aliphatic heterocycles. The third-order valence-electron chi connectivity index (χ3n) is 2.75. The Morgan fingerprint density at radius 3 is 2.29 bits per heavy atom. The molecule has 0 radical (unpaired) electrons. The number of allylic oxidation sites excluding steroid dienone is 2. The van der Waals surface area contributed by atoms with Crippen molar-refractivity contribution in [2.24, 2.45) is 0 Å². The van der Waals surface area contributed by atoms with Crippen molar-refractivity contribution in [3.8, 4) is 5.75 Å². The topological polar surface area (TPSA) is 9.23 Å². The molecule has 0 N–H and O–H groups in total. The molecule has 1 nitrogen and oxygen atoms in total. The van der Waals surface area contributed by atoms with E-state index in [1.807, 2.05) is 12.1 Å². The van der Waals surface area contributed by atoms with Crippen LogP contribution in [0.1, 0.15) is 31.7 Å². The zero-order valence-corrected chi connectivity index (χ0v) is 8.84. The second-order valence-corrected chi connectivity index (χ2v) is 3.93. The lowest BCUT2D eigenvalue weighted by Gasteiger charge is -2.19. The highest BCUT2D eigenvalue weighted by Gasteiger charge is 2.12. The smallest absolute Gasteiger partial charge is 0.126 e. The molecule has 0 bridgehead atoms. The first-order chi connectivity index (χ1) is 6.75. The predicted molar refractivity (Wildman–Crippen MR) is 58.4 cm³/mol. The van der Waals surface area contributed by atoms with Crippen LogP contribution in [0.2, 0.25) is 0 Å². The largest absolute Gasteiger partial charge is 0.462 e. The van der Waals surface area contributed by atoms with Gasteiger partial charge in [0.15, 0.2) is 0 Å². The first-order valence-electron chi connectivity index (χ1n) is 5.19. The van der Waals surface area contributed by atoms with Crippen LogP contribution in [0.5, 0.6) is 5.75 Å². The van der Waals surface area contributed by atoms with Crippen molar-refractivity contribution in [1.82, 2.24) is 0 Å². The fourth-order valence-electron chi connectivity index (χ4n) is 1.56. The van der Waals surface area contributed by atoms with Crippen molar-refractivity contribution in [1.29, 1.82) is 0 Å². The minimum absolute atomic E-state index is 0.951. The minimum Gasteiger partial charge on any atom is -0.462 e. The van der Waals surface area contributed by atoms with Gasteiger partial charge >= 0.3 is 0 Å². The minimum atomic E-state index is 0.951. The molecule has 0 saturated heterocycles. The lowest BCUT2D eigenvalue weighted by molar-refractivity contribution is 0.403. The van der Waals surface area contributed by atoms with E-state index < -0.39 is 0 Å². The lowest BCUT2D eigenvalue weighted by Crippen LogP contribution is -2.04. The van der Waals surface area contributed by atoms with Gasteiger partial charge in [0.1, 0.15) is 11.5 Å². The van der Waals surface area contributed by atoms with E-state index in [1.54, 1.807) is 0 Å². The van der Waals surface area contributed by atoms with Gasteiger partial charge in [0.25, 0.3) is 0 Å². The third kappa shape index (κ3) is 1.98. The van der Waals surface area contributed by atoms with Crippen LogP contribution in [-0.2, 0) is 0 Å². The van der Waals surface area contributed by atoms with Gasteiger partial charge in [-0.1, -0.05) is 17.7 Å². The molecule has 0 heterocycles. The standard InChI is InChI=1S/C13H16O/c1-10-6-8-13(9-7-10)14-11(2)12-4-3-5-12/h6-9H,3-5H2,1-2H3. The lowest BCUT2D eigenvalue weighted by atomic mass is 9.91. The Labute approximate surface area is 85.4 Å². The van der Waals surface area contributed by atoms with Crippen molar-refractivity contribution in [3.63, 3.8) is 0 Å². The van der Waals surface area contributed by atoms with E-state index >= 15 is 0 Å². The highest BCUT2D eigenvalue weighted by molar-refractivity contribution is 5.29. The van der Waals surface area contributed by atoms with Crippen LogP contribution in [0.4, 0.5) is 0 Å². The number of hydrogen-bond acceptors (Lipinski definition) is 1. The quantitative estimate of drug-likeness (QED) is 0.641. The first kappa shape index (κ1) is 9.32. The molecule has 0 unspecified atom stereocenters. The number of aryl methyl sites for hydroxylation is 1. The summed E-state index contributed by atoms with van der Waals surface area (Å²) in [5.74, 6) is 2.05. The summed E-state index contributed by atoms with van der Waals surface area (Å²) in [6, 6.07) is 8.21. The molecule has 0 amide bonds. The average Bonchev–Trinajstić information content (AvgIpc) is 2.06. The van der Waals surface area contributed by atoms with Crippen molar-refractivity contribution in [2.75, 3.05) is 0 Å². The van der Waals surface area contributed by atoms with Crippen LogP contribution >= 0.6 is 0 Å². The van der Waals surface area contributed by atoms with E-state index in [-0.39, 0.29) is 0 Å². The summed E-state index contributed by atoms with van der Waals surface area (Å²) in [6.45, 7) is 4.15. The highest BCUT2D eigenvalue weighted by atomic mass is 16.5. The van der Waals surface area contributed by atoms with E-state index in [0.29, 0.717) is 0 Å². The van der Waals surface area contributed by atoms with Crippen LogP contribution in [-0.4, -0.2) is 0 Å². The maximum Gasteiger partial charge on any atom is 0.126 e. The fourth-order valence-corrected chi connectivity index (χ4v) is 1.56. The zero-order valence-electron chi connectivity index (χ0n) is 8.84. The Morgan fingerprint density at radius 1 is 1.14 bits per heavy atom. The molecule has 74 valence electrons. The van der Waals surface area contributed by atoms with Gasteiger partial charge in [-0.15, -0.1) is 0 Å². The summed E-state index contributed by atoms with van der Waals surface area (Å²) in [6.07, 6.45) is 3.76. The number of rotatable bonds is 2. The molecule has 0 atom stereocenters. The molecule has 1 fully saturated rings. The molecule has 1 aliphatic carbocycles. The second kappa shape index (κ2) is 3.87. The van der Waals surface area contributed by atoms with Crippen molar-refractivity contribution in [2.45, 2.75) is 33.1 Å². The van der Waals surface area contributed by atoms with Gasteiger partial charge < -0.3 is 4.74 Å². The van der Waals surface area contributed by atoms with Gasteiger partial charge in [-0.2, -0.15) is 0 Å². The molecular weight excluding hydrogens is 172 g/mol. The Bertz CT molecular complexity index is 340.